The predicted molar refractivity (Wildman–Crippen MR) is 42.4 cm³/mol. The topological polar surface area (TPSA) is 50.4 Å². The van der Waals surface area contributed by atoms with E-state index in [-0.39, 0.29) is 5.88 Å². The zero-order valence-electron chi connectivity index (χ0n) is 5.40. The van der Waals surface area contributed by atoms with Crippen LogP contribution < -0.4 is 0 Å². The van der Waals surface area contributed by atoms with Crippen molar-refractivity contribution in [3.63, 3.8) is 0 Å². The molecule has 0 spiro atoms. The van der Waals surface area contributed by atoms with Crippen LogP contribution in [0, 0.1) is 0 Å². The summed E-state index contributed by atoms with van der Waals surface area (Å²) in [4.78, 5) is 7.79. The Bertz CT molecular complexity index is 398. The van der Waals surface area contributed by atoms with Crippen molar-refractivity contribution in [3.05, 3.63) is 23.1 Å². The van der Waals surface area contributed by atoms with Gasteiger partial charge in [-0.3, -0.25) is 4.40 Å². The molecule has 0 saturated carbocycles. The van der Waals surface area contributed by atoms with Crippen LogP contribution in [0.2, 0.25) is 0 Å². The van der Waals surface area contributed by atoms with Crippen molar-refractivity contribution in [3.8, 4) is 5.88 Å². The summed E-state index contributed by atoms with van der Waals surface area (Å²) in [6.07, 6.45) is 4.68. The third-order valence-corrected chi connectivity index (χ3v) is 1.72. The summed E-state index contributed by atoms with van der Waals surface area (Å²) in [6, 6.07) is 0. The van der Waals surface area contributed by atoms with E-state index in [1.807, 2.05) is 0 Å². The van der Waals surface area contributed by atoms with E-state index in [1.165, 1.54) is 10.6 Å². The summed E-state index contributed by atoms with van der Waals surface area (Å²) in [7, 11) is 0. The molecule has 2 aromatic rings. The fraction of sp³-hybridized carbons (Fsp3) is 0. The van der Waals surface area contributed by atoms with Gasteiger partial charge in [0.25, 0.3) is 0 Å². The Morgan fingerprint density at radius 2 is 2.09 bits per heavy atom. The van der Waals surface area contributed by atoms with Gasteiger partial charge in [0, 0.05) is 12.4 Å². The van der Waals surface area contributed by atoms with E-state index in [1.54, 1.807) is 12.4 Å². The molecular weight excluding hydrogens is 210 g/mol. The predicted octanol–water partition coefficient (Wildman–Crippen LogP) is 1.20. The van der Waals surface area contributed by atoms with Gasteiger partial charge >= 0.3 is 0 Å². The molecule has 2 heterocycles. The standard InChI is InChI=1S/C6H4BrN3O/c7-4-1-8-6-9-2-5(11)10(6)3-4/h1-3,11H. The van der Waals surface area contributed by atoms with E-state index in [0.29, 0.717) is 5.78 Å². The van der Waals surface area contributed by atoms with Crippen molar-refractivity contribution in [2.75, 3.05) is 0 Å². The van der Waals surface area contributed by atoms with Crippen LogP contribution in [0.1, 0.15) is 0 Å². The number of aromatic nitrogens is 3. The van der Waals surface area contributed by atoms with Gasteiger partial charge in [-0.2, -0.15) is 0 Å². The second-order valence-corrected chi connectivity index (χ2v) is 2.97. The second-order valence-electron chi connectivity index (χ2n) is 2.06. The number of imidazole rings is 1. The molecule has 0 aliphatic rings. The van der Waals surface area contributed by atoms with Crippen LogP contribution in [0.4, 0.5) is 0 Å². The minimum absolute atomic E-state index is 0.0915. The molecule has 0 radical (unpaired) electrons. The van der Waals surface area contributed by atoms with Gasteiger partial charge in [0.15, 0.2) is 0 Å². The summed E-state index contributed by atoms with van der Waals surface area (Å²) in [5.74, 6) is 0.583. The average molecular weight is 214 g/mol. The fourth-order valence-electron chi connectivity index (χ4n) is 0.838. The molecule has 2 rings (SSSR count). The molecule has 0 fully saturated rings. The summed E-state index contributed by atoms with van der Waals surface area (Å²) in [5.41, 5.74) is 0. The first-order valence-electron chi connectivity index (χ1n) is 2.95. The van der Waals surface area contributed by atoms with Crippen LogP contribution in [0.3, 0.4) is 0 Å². The number of hydrogen-bond donors (Lipinski definition) is 1. The normalized spacial score (nSPS) is 10.6. The molecule has 4 nitrogen and oxygen atoms in total. The van der Waals surface area contributed by atoms with Crippen molar-refractivity contribution in [2.24, 2.45) is 0 Å². The van der Waals surface area contributed by atoms with Gasteiger partial charge in [0.1, 0.15) is 0 Å². The Labute approximate surface area is 70.7 Å². The van der Waals surface area contributed by atoms with Crippen molar-refractivity contribution < 1.29 is 5.11 Å². The van der Waals surface area contributed by atoms with Gasteiger partial charge in [0.05, 0.1) is 10.7 Å². The molecule has 5 heteroatoms. The zero-order valence-corrected chi connectivity index (χ0v) is 6.98. The highest BCUT2D eigenvalue weighted by molar-refractivity contribution is 9.10. The summed E-state index contributed by atoms with van der Waals surface area (Å²) < 4.78 is 2.29. The number of halogens is 1. The molecule has 11 heavy (non-hydrogen) atoms. The lowest BCUT2D eigenvalue weighted by atomic mass is 10.6. The number of hydrogen-bond acceptors (Lipinski definition) is 3. The van der Waals surface area contributed by atoms with E-state index in [9.17, 15) is 5.11 Å². The zero-order chi connectivity index (χ0) is 7.84. The summed E-state index contributed by atoms with van der Waals surface area (Å²) >= 11 is 3.23. The van der Waals surface area contributed by atoms with E-state index < -0.39 is 0 Å². The van der Waals surface area contributed by atoms with E-state index in [0.717, 1.165) is 4.47 Å². The Morgan fingerprint density at radius 3 is 2.91 bits per heavy atom. The summed E-state index contributed by atoms with van der Waals surface area (Å²) in [5, 5.41) is 9.18. The lowest BCUT2D eigenvalue weighted by Crippen LogP contribution is -1.86. The molecular formula is C6H4BrN3O. The first-order chi connectivity index (χ1) is 5.27. The van der Waals surface area contributed by atoms with Crippen molar-refractivity contribution in [1.82, 2.24) is 14.4 Å². The Morgan fingerprint density at radius 1 is 1.36 bits per heavy atom. The lowest BCUT2D eigenvalue weighted by Gasteiger charge is -1.93. The molecule has 2 aromatic heterocycles. The molecule has 0 unspecified atom stereocenters. The fourth-order valence-corrected chi connectivity index (χ4v) is 1.14. The first-order valence-corrected chi connectivity index (χ1v) is 3.74. The minimum atomic E-state index is 0.0915. The smallest absolute Gasteiger partial charge is 0.236 e. The first kappa shape index (κ1) is 6.60. The van der Waals surface area contributed by atoms with Crippen LogP contribution in [0.15, 0.2) is 23.1 Å². The third kappa shape index (κ3) is 0.970. The van der Waals surface area contributed by atoms with Gasteiger partial charge in [-0.05, 0) is 15.9 Å². The SMILES string of the molecule is Oc1cnc2ncc(Br)cn12. The summed E-state index contributed by atoms with van der Waals surface area (Å²) in [6.45, 7) is 0. The second kappa shape index (κ2) is 2.20. The van der Waals surface area contributed by atoms with Gasteiger partial charge in [0.2, 0.25) is 11.7 Å². The third-order valence-electron chi connectivity index (χ3n) is 1.31. The minimum Gasteiger partial charge on any atom is -0.493 e. The molecule has 0 aliphatic carbocycles. The average Bonchev–Trinajstić information content (AvgIpc) is 2.33. The van der Waals surface area contributed by atoms with E-state index in [2.05, 4.69) is 25.9 Å². The van der Waals surface area contributed by atoms with Gasteiger partial charge < -0.3 is 5.11 Å². The molecule has 0 aromatic carbocycles. The van der Waals surface area contributed by atoms with Crippen LogP contribution in [-0.2, 0) is 0 Å². The van der Waals surface area contributed by atoms with Crippen LogP contribution in [-0.4, -0.2) is 19.5 Å². The van der Waals surface area contributed by atoms with Gasteiger partial charge in [-0.1, -0.05) is 0 Å². The largest absolute Gasteiger partial charge is 0.493 e. The van der Waals surface area contributed by atoms with Crippen LogP contribution in [0.25, 0.3) is 5.78 Å². The maximum absolute atomic E-state index is 9.18. The molecule has 0 amide bonds. The molecule has 56 valence electrons. The highest BCUT2D eigenvalue weighted by Crippen LogP contribution is 2.14. The molecule has 0 aliphatic heterocycles. The maximum Gasteiger partial charge on any atom is 0.236 e. The molecule has 0 bridgehead atoms. The highest BCUT2D eigenvalue weighted by atomic mass is 79.9. The number of aromatic hydroxyl groups is 1. The molecule has 1 N–H and O–H groups in total. The Balaban J connectivity index is 2.87. The van der Waals surface area contributed by atoms with Crippen molar-refractivity contribution in [1.29, 1.82) is 0 Å². The monoisotopic (exact) mass is 213 g/mol. The Kier molecular flexibility index (Phi) is 1.32. The molecule has 0 saturated heterocycles. The van der Waals surface area contributed by atoms with Crippen LogP contribution >= 0.6 is 15.9 Å². The molecule has 0 atom stereocenters. The quantitative estimate of drug-likeness (QED) is 0.716. The van der Waals surface area contributed by atoms with Gasteiger partial charge in [-0.25, -0.2) is 9.97 Å². The number of nitrogens with zero attached hydrogens (tertiary/aromatic N) is 3. The van der Waals surface area contributed by atoms with Crippen molar-refractivity contribution >= 4 is 21.7 Å². The lowest BCUT2D eigenvalue weighted by molar-refractivity contribution is 0.448. The Hall–Kier alpha value is -1.10. The highest BCUT2D eigenvalue weighted by Gasteiger charge is 2.00. The maximum atomic E-state index is 9.18. The van der Waals surface area contributed by atoms with E-state index >= 15 is 0 Å². The van der Waals surface area contributed by atoms with Crippen LogP contribution in [0.5, 0.6) is 5.88 Å². The van der Waals surface area contributed by atoms with Gasteiger partial charge in [-0.15, -0.1) is 0 Å². The number of fused-ring (bicyclic) bond motifs is 1. The van der Waals surface area contributed by atoms with Crippen molar-refractivity contribution in [2.45, 2.75) is 0 Å². The number of rotatable bonds is 0. The van der Waals surface area contributed by atoms with E-state index in [4.69, 9.17) is 0 Å².